The van der Waals surface area contributed by atoms with E-state index in [1.807, 2.05) is 49.6 Å². The van der Waals surface area contributed by atoms with Crippen LogP contribution in [0.4, 0.5) is 5.82 Å². The molecule has 29 heavy (non-hydrogen) atoms. The Balaban J connectivity index is 1.80. The van der Waals surface area contributed by atoms with E-state index in [2.05, 4.69) is 10.3 Å². The van der Waals surface area contributed by atoms with Crippen molar-refractivity contribution in [3.63, 3.8) is 0 Å². The van der Waals surface area contributed by atoms with Crippen LogP contribution < -0.4 is 14.8 Å². The standard InChI is InChI=1S/C21H23N3O4S/c1-3-27-17-9-8-14(12-18(17)28-4-2)21-24-16(13-29-21)15-6-5-7-19(23-15)22-11-10-20(25)26/h5-9,12-13H,3-4,10-11H2,1-2H3,(H,22,23)(H,25,26). The average Bonchev–Trinajstić information content (AvgIpc) is 3.20. The van der Waals surface area contributed by atoms with Gasteiger partial charge in [0.05, 0.1) is 25.3 Å². The number of carbonyl (C=O) groups is 1. The SMILES string of the molecule is CCOc1ccc(-c2nc(-c3cccc(NCCC(=O)O)n3)cs2)cc1OCC. The number of pyridine rings is 1. The third-order valence-electron chi connectivity index (χ3n) is 3.95. The predicted molar refractivity (Wildman–Crippen MR) is 114 cm³/mol. The highest BCUT2D eigenvalue weighted by Crippen LogP contribution is 2.35. The Bertz CT molecular complexity index is 974. The largest absolute Gasteiger partial charge is 0.490 e. The van der Waals surface area contributed by atoms with Crippen LogP contribution >= 0.6 is 11.3 Å². The highest BCUT2D eigenvalue weighted by atomic mass is 32.1. The van der Waals surface area contributed by atoms with E-state index in [9.17, 15) is 4.79 Å². The molecule has 3 aromatic rings. The van der Waals surface area contributed by atoms with Gasteiger partial charge in [0.1, 0.15) is 16.5 Å². The molecule has 0 saturated heterocycles. The quantitative estimate of drug-likeness (QED) is 0.503. The Morgan fingerprint density at radius 2 is 1.86 bits per heavy atom. The normalized spacial score (nSPS) is 10.6. The van der Waals surface area contributed by atoms with Crippen LogP contribution in [0.15, 0.2) is 41.8 Å². The summed E-state index contributed by atoms with van der Waals surface area (Å²) in [7, 11) is 0. The van der Waals surface area contributed by atoms with E-state index in [0.29, 0.717) is 31.3 Å². The number of aliphatic carboxylic acids is 1. The van der Waals surface area contributed by atoms with E-state index in [1.165, 1.54) is 11.3 Å². The Morgan fingerprint density at radius 1 is 1.07 bits per heavy atom. The van der Waals surface area contributed by atoms with Gasteiger partial charge in [-0.3, -0.25) is 4.79 Å². The molecule has 0 bridgehead atoms. The van der Waals surface area contributed by atoms with E-state index in [4.69, 9.17) is 19.6 Å². The van der Waals surface area contributed by atoms with E-state index >= 15 is 0 Å². The molecule has 0 spiro atoms. The zero-order valence-corrected chi connectivity index (χ0v) is 17.2. The second-order valence-electron chi connectivity index (χ2n) is 6.04. The lowest BCUT2D eigenvalue weighted by atomic mass is 10.2. The molecule has 0 radical (unpaired) electrons. The number of nitrogens with zero attached hydrogens (tertiary/aromatic N) is 2. The Labute approximate surface area is 173 Å². The van der Waals surface area contributed by atoms with Gasteiger partial charge in [-0.1, -0.05) is 6.07 Å². The molecule has 7 nitrogen and oxygen atoms in total. The van der Waals surface area contributed by atoms with Crippen molar-refractivity contribution in [2.24, 2.45) is 0 Å². The van der Waals surface area contributed by atoms with Crippen molar-refractivity contribution in [3.05, 3.63) is 41.8 Å². The molecule has 0 atom stereocenters. The number of rotatable bonds is 10. The van der Waals surface area contributed by atoms with Gasteiger partial charge >= 0.3 is 5.97 Å². The van der Waals surface area contributed by atoms with Crippen LogP contribution in [0.1, 0.15) is 20.3 Å². The summed E-state index contributed by atoms with van der Waals surface area (Å²) in [5.74, 6) is 1.20. The first kappa shape index (κ1) is 20.6. The molecule has 8 heteroatoms. The smallest absolute Gasteiger partial charge is 0.305 e. The number of benzene rings is 1. The second-order valence-corrected chi connectivity index (χ2v) is 6.90. The maximum Gasteiger partial charge on any atom is 0.305 e. The number of carboxylic acid groups (broad SMARTS) is 1. The van der Waals surface area contributed by atoms with Crippen LogP contribution in [0.25, 0.3) is 22.0 Å². The number of nitrogens with one attached hydrogen (secondary N) is 1. The van der Waals surface area contributed by atoms with E-state index in [-0.39, 0.29) is 6.42 Å². The third-order valence-corrected chi connectivity index (χ3v) is 4.84. The van der Waals surface area contributed by atoms with Crippen molar-refractivity contribution < 1.29 is 19.4 Å². The minimum atomic E-state index is -0.848. The summed E-state index contributed by atoms with van der Waals surface area (Å²) < 4.78 is 11.3. The van der Waals surface area contributed by atoms with Crippen LogP contribution in [0, 0.1) is 0 Å². The summed E-state index contributed by atoms with van der Waals surface area (Å²) in [4.78, 5) is 19.9. The van der Waals surface area contributed by atoms with Crippen LogP contribution in [-0.4, -0.2) is 40.8 Å². The lowest BCUT2D eigenvalue weighted by Crippen LogP contribution is -2.08. The van der Waals surface area contributed by atoms with Gasteiger partial charge in [0.2, 0.25) is 0 Å². The summed E-state index contributed by atoms with van der Waals surface area (Å²) in [6, 6.07) is 11.4. The van der Waals surface area contributed by atoms with Crippen LogP contribution in [0.3, 0.4) is 0 Å². The van der Waals surface area contributed by atoms with Crippen LogP contribution in [0.2, 0.25) is 0 Å². The Hall–Kier alpha value is -3.13. The maximum absolute atomic E-state index is 10.7. The van der Waals surface area contributed by atoms with Gasteiger partial charge in [0.15, 0.2) is 11.5 Å². The molecule has 0 amide bonds. The minimum Gasteiger partial charge on any atom is -0.490 e. The van der Waals surface area contributed by atoms with Crippen molar-refractivity contribution in [1.29, 1.82) is 0 Å². The lowest BCUT2D eigenvalue weighted by molar-refractivity contribution is -0.136. The van der Waals surface area contributed by atoms with E-state index in [1.54, 1.807) is 6.07 Å². The number of carboxylic acids is 1. The van der Waals surface area contributed by atoms with Crippen LogP contribution in [-0.2, 0) is 4.79 Å². The summed E-state index contributed by atoms with van der Waals surface area (Å²) >= 11 is 1.53. The molecule has 2 heterocycles. The maximum atomic E-state index is 10.7. The van der Waals surface area contributed by atoms with Gasteiger partial charge in [0, 0.05) is 17.5 Å². The molecule has 3 rings (SSSR count). The minimum absolute atomic E-state index is 0.0344. The molecule has 0 aliphatic heterocycles. The number of aromatic nitrogens is 2. The van der Waals surface area contributed by atoms with Crippen molar-refractivity contribution in [1.82, 2.24) is 9.97 Å². The number of anilines is 1. The topological polar surface area (TPSA) is 93.6 Å². The van der Waals surface area contributed by atoms with Gasteiger partial charge in [0.25, 0.3) is 0 Å². The fraction of sp³-hybridized carbons (Fsp3) is 0.286. The van der Waals surface area contributed by atoms with Crippen molar-refractivity contribution >= 4 is 23.1 Å². The molecule has 0 aliphatic carbocycles. The first-order chi connectivity index (χ1) is 14.1. The van der Waals surface area contributed by atoms with Gasteiger partial charge in [-0.2, -0.15) is 0 Å². The molecule has 0 fully saturated rings. The molecule has 152 valence electrons. The number of hydrogen-bond donors (Lipinski definition) is 2. The zero-order valence-electron chi connectivity index (χ0n) is 16.3. The molecular weight excluding hydrogens is 390 g/mol. The van der Waals surface area contributed by atoms with Gasteiger partial charge in [-0.15, -0.1) is 11.3 Å². The van der Waals surface area contributed by atoms with Crippen LogP contribution in [0.5, 0.6) is 11.5 Å². The van der Waals surface area contributed by atoms with E-state index in [0.717, 1.165) is 27.7 Å². The van der Waals surface area contributed by atoms with Gasteiger partial charge in [-0.25, -0.2) is 9.97 Å². The number of ether oxygens (including phenoxy) is 2. The molecule has 1 aromatic carbocycles. The average molecular weight is 413 g/mol. The third kappa shape index (κ3) is 5.45. The number of hydrogen-bond acceptors (Lipinski definition) is 7. The van der Waals surface area contributed by atoms with Crippen molar-refractivity contribution in [3.8, 4) is 33.5 Å². The van der Waals surface area contributed by atoms with Gasteiger partial charge in [-0.05, 0) is 44.2 Å². The van der Waals surface area contributed by atoms with Crippen molar-refractivity contribution in [2.75, 3.05) is 25.1 Å². The summed E-state index contributed by atoms with van der Waals surface area (Å²) in [6.45, 7) is 5.32. The van der Waals surface area contributed by atoms with E-state index < -0.39 is 5.97 Å². The monoisotopic (exact) mass is 413 g/mol. The molecular formula is C21H23N3O4S. The van der Waals surface area contributed by atoms with Gasteiger partial charge < -0.3 is 19.9 Å². The highest BCUT2D eigenvalue weighted by molar-refractivity contribution is 7.13. The molecule has 0 aliphatic rings. The molecule has 2 N–H and O–H groups in total. The summed E-state index contributed by atoms with van der Waals surface area (Å²) in [5.41, 5.74) is 2.44. The first-order valence-electron chi connectivity index (χ1n) is 9.39. The zero-order chi connectivity index (χ0) is 20.6. The Morgan fingerprint density at radius 3 is 2.62 bits per heavy atom. The molecule has 0 unspecified atom stereocenters. The number of thiazole rings is 1. The second kappa shape index (κ2) is 9.88. The highest BCUT2D eigenvalue weighted by Gasteiger charge is 2.12. The first-order valence-corrected chi connectivity index (χ1v) is 10.3. The fourth-order valence-corrected chi connectivity index (χ4v) is 3.49. The molecule has 0 saturated carbocycles. The predicted octanol–water partition coefficient (Wildman–Crippen LogP) is 4.56. The lowest BCUT2D eigenvalue weighted by Gasteiger charge is -2.11. The molecule has 2 aromatic heterocycles. The summed E-state index contributed by atoms with van der Waals surface area (Å²) in [5, 5.41) is 14.6. The summed E-state index contributed by atoms with van der Waals surface area (Å²) in [6.07, 6.45) is 0.0344. The fourth-order valence-electron chi connectivity index (χ4n) is 2.68. The van der Waals surface area contributed by atoms with Crippen molar-refractivity contribution in [2.45, 2.75) is 20.3 Å². The Kier molecular flexibility index (Phi) is 7.02.